The van der Waals surface area contributed by atoms with E-state index >= 15 is 0 Å². The SMILES string of the molecule is CCNC(C)c1ccc(N2CCCC(N(C)C)C2)nc1. The molecular weight excluding hydrogens is 248 g/mol. The van der Waals surface area contributed by atoms with Gasteiger partial charge in [0.05, 0.1) is 0 Å². The number of piperidine rings is 1. The zero-order valence-electron chi connectivity index (χ0n) is 13.3. The largest absolute Gasteiger partial charge is 0.355 e. The van der Waals surface area contributed by atoms with Gasteiger partial charge in [-0.25, -0.2) is 4.98 Å². The van der Waals surface area contributed by atoms with Gasteiger partial charge in [0, 0.05) is 31.4 Å². The van der Waals surface area contributed by atoms with Crippen molar-refractivity contribution in [2.45, 2.75) is 38.8 Å². The lowest BCUT2D eigenvalue weighted by Crippen LogP contribution is -2.45. The van der Waals surface area contributed by atoms with Gasteiger partial charge in [-0.15, -0.1) is 0 Å². The number of nitrogens with zero attached hydrogens (tertiary/aromatic N) is 3. The number of hydrogen-bond donors (Lipinski definition) is 1. The number of likely N-dealkylation sites (N-methyl/N-ethyl adjacent to an activating group) is 1. The fourth-order valence-electron chi connectivity index (χ4n) is 2.85. The number of nitrogens with one attached hydrogen (secondary N) is 1. The predicted molar refractivity (Wildman–Crippen MR) is 85.3 cm³/mol. The second-order valence-electron chi connectivity index (χ2n) is 5.93. The fraction of sp³-hybridized carbons (Fsp3) is 0.688. The molecule has 1 aromatic rings. The minimum Gasteiger partial charge on any atom is -0.355 e. The standard InChI is InChI=1S/C16H28N4/c1-5-17-13(2)14-8-9-16(18-11-14)20-10-6-7-15(12-20)19(3)4/h8-9,11,13,15,17H,5-7,10,12H2,1-4H3. The highest BCUT2D eigenvalue weighted by atomic mass is 15.2. The van der Waals surface area contributed by atoms with Crippen molar-refractivity contribution in [2.24, 2.45) is 0 Å². The number of hydrogen-bond acceptors (Lipinski definition) is 4. The maximum Gasteiger partial charge on any atom is 0.128 e. The van der Waals surface area contributed by atoms with E-state index in [2.05, 4.69) is 60.2 Å². The van der Waals surface area contributed by atoms with E-state index < -0.39 is 0 Å². The van der Waals surface area contributed by atoms with Crippen LogP contribution >= 0.6 is 0 Å². The van der Waals surface area contributed by atoms with Crippen LogP contribution in [0.25, 0.3) is 0 Å². The summed E-state index contributed by atoms with van der Waals surface area (Å²) >= 11 is 0. The molecule has 2 unspecified atom stereocenters. The van der Waals surface area contributed by atoms with Crippen LogP contribution in [-0.4, -0.2) is 49.7 Å². The third-order valence-electron chi connectivity index (χ3n) is 4.23. The van der Waals surface area contributed by atoms with Crippen molar-refractivity contribution >= 4 is 5.82 Å². The number of rotatable bonds is 5. The highest BCUT2D eigenvalue weighted by Crippen LogP contribution is 2.21. The van der Waals surface area contributed by atoms with Gasteiger partial charge >= 0.3 is 0 Å². The van der Waals surface area contributed by atoms with Crippen LogP contribution < -0.4 is 10.2 Å². The Balaban J connectivity index is 2.02. The topological polar surface area (TPSA) is 31.4 Å². The monoisotopic (exact) mass is 276 g/mol. The number of aromatic nitrogens is 1. The summed E-state index contributed by atoms with van der Waals surface area (Å²) in [6.07, 6.45) is 4.56. The minimum absolute atomic E-state index is 0.373. The molecule has 0 spiro atoms. The van der Waals surface area contributed by atoms with Gasteiger partial charge in [-0.3, -0.25) is 0 Å². The minimum atomic E-state index is 0.373. The molecule has 2 heterocycles. The van der Waals surface area contributed by atoms with Crippen LogP contribution in [0.1, 0.15) is 38.3 Å². The molecule has 4 heteroatoms. The van der Waals surface area contributed by atoms with E-state index in [0.717, 1.165) is 25.5 Å². The number of anilines is 1. The molecule has 1 N–H and O–H groups in total. The first-order valence-electron chi connectivity index (χ1n) is 7.72. The molecule has 0 saturated carbocycles. The maximum atomic E-state index is 4.67. The molecule has 4 nitrogen and oxygen atoms in total. The summed E-state index contributed by atoms with van der Waals surface area (Å²) in [6, 6.07) is 5.39. The summed E-state index contributed by atoms with van der Waals surface area (Å²) in [5.74, 6) is 1.11. The zero-order valence-corrected chi connectivity index (χ0v) is 13.3. The van der Waals surface area contributed by atoms with E-state index in [1.165, 1.54) is 18.4 Å². The summed E-state index contributed by atoms with van der Waals surface area (Å²) in [5.41, 5.74) is 1.26. The summed E-state index contributed by atoms with van der Waals surface area (Å²) in [4.78, 5) is 9.41. The van der Waals surface area contributed by atoms with Crippen LogP contribution in [0.5, 0.6) is 0 Å². The summed E-state index contributed by atoms with van der Waals surface area (Å²) in [5, 5.41) is 3.42. The van der Waals surface area contributed by atoms with Crippen molar-refractivity contribution in [2.75, 3.05) is 38.6 Å². The molecular formula is C16H28N4. The van der Waals surface area contributed by atoms with E-state index in [1.54, 1.807) is 0 Å². The average Bonchev–Trinajstić information content (AvgIpc) is 2.48. The second-order valence-corrected chi connectivity index (χ2v) is 5.93. The first kappa shape index (κ1) is 15.3. The predicted octanol–water partition coefficient (Wildman–Crippen LogP) is 2.28. The van der Waals surface area contributed by atoms with Crippen molar-refractivity contribution in [3.8, 4) is 0 Å². The molecule has 1 fully saturated rings. The van der Waals surface area contributed by atoms with E-state index in [9.17, 15) is 0 Å². The Kier molecular flexibility index (Phi) is 5.38. The molecule has 1 aliphatic rings. The molecule has 1 aliphatic heterocycles. The molecule has 0 aliphatic carbocycles. The molecule has 0 aromatic carbocycles. The van der Waals surface area contributed by atoms with Crippen LogP contribution in [0.4, 0.5) is 5.82 Å². The van der Waals surface area contributed by atoms with Crippen molar-refractivity contribution in [3.05, 3.63) is 23.9 Å². The lowest BCUT2D eigenvalue weighted by atomic mass is 10.0. The van der Waals surface area contributed by atoms with Gasteiger partial charge in [-0.1, -0.05) is 13.0 Å². The van der Waals surface area contributed by atoms with E-state index in [1.807, 2.05) is 6.20 Å². The quantitative estimate of drug-likeness (QED) is 0.894. The van der Waals surface area contributed by atoms with Crippen LogP contribution in [0.3, 0.4) is 0 Å². The molecule has 2 atom stereocenters. The molecule has 0 bridgehead atoms. The van der Waals surface area contributed by atoms with Gasteiger partial charge in [0.1, 0.15) is 5.82 Å². The van der Waals surface area contributed by atoms with Gasteiger partial charge in [0.15, 0.2) is 0 Å². The van der Waals surface area contributed by atoms with Crippen molar-refractivity contribution in [1.82, 2.24) is 15.2 Å². The molecule has 2 rings (SSSR count). The van der Waals surface area contributed by atoms with Gasteiger partial charge in [0.2, 0.25) is 0 Å². The van der Waals surface area contributed by atoms with E-state index in [0.29, 0.717) is 12.1 Å². The Labute approximate surface area is 123 Å². The molecule has 1 aromatic heterocycles. The van der Waals surface area contributed by atoms with Crippen LogP contribution in [-0.2, 0) is 0 Å². The Morgan fingerprint density at radius 1 is 1.45 bits per heavy atom. The lowest BCUT2D eigenvalue weighted by molar-refractivity contribution is 0.257. The number of pyridine rings is 1. The molecule has 112 valence electrons. The van der Waals surface area contributed by atoms with E-state index in [-0.39, 0.29) is 0 Å². The van der Waals surface area contributed by atoms with Crippen LogP contribution in [0.2, 0.25) is 0 Å². The normalized spacial score (nSPS) is 21.2. The highest BCUT2D eigenvalue weighted by molar-refractivity contribution is 5.40. The van der Waals surface area contributed by atoms with E-state index in [4.69, 9.17) is 0 Å². The van der Waals surface area contributed by atoms with Gasteiger partial charge in [-0.05, 0) is 52.0 Å². The zero-order chi connectivity index (χ0) is 14.5. The van der Waals surface area contributed by atoms with Gasteiger partial charge < -0.3 is 15.1 Å². The molecule has 1 saturated heterocycles. The van der Waals surface area contributed by atoms with Crippen molar-refractivity contribution in [3.63, 3.8) is 0 Å². The first-order valence-corrected chi connectivity index (χ1v) is 7.72. The fourth-order valence-corrected chi connectivity index (χ4v) is 2.85. The summed E-state index contributed by atoms with van der Waals surface area (Å²) in [7, 11) is 4.34. The van der Waals surface area contributed by atoms with Gasteiger partial charge in [0.25, 0.3) is 0 Å². The molecule has 20 heavy (non-hydrogen) atoms. The Bertz CT molecular complexity index is 401. The third-order valence-corrected chi connectivity index (χ3v) is 4.23. The smallest absolute Gasteiger partial charge is 0.128 e. The maximum absolute atomic E-state index is 4.67. The average molecular weight is 276 g/mol. The highest BCUT2D eigenvalue weighted by Gasteiger charge is 2.22. The second kappa shape index (κ2) is 7.04. The Morgan fingerprint density at radius 3 is 2.85 bits per heavy atom. The Hall–Kier alpha value is -1.13. The van der Waals surface area contributed by atoms with Crippen molar-refractivity contribution < 1.29 is 0 Å². The van der Waals surface area contributed by atoms with Crippen molar-refractivity contribution in [1.29, 1.82) is 0 Å². The van der Waals surface area contributed by atoms with Crippen LogP contribution in [0, 0.1) is 0 Å². The third kappa shape index (κ3) is 3.70. The van der Waals surface area contributed by atoms with Gasteiger partial charge in [-0.2, -0.15) is 0 Å². The molecule has 0 radical (unpaired) electrons. The Morgan fingerprint density at radius 2 is 2.25 bits per heavy atom. The first-order chi connectivity index (χ1) is 9.61. The van der Waals surface area contributed by atoms with Crippen LogP contribution in [0.15, 0.2) is 18.3 Å². The lowest BCUT2D eigenvalue weighted by Gasteiger charge is -2.36. The summed E-state index contributed by atoms with van der Waals surface area (Å²) in [6.45, 7) is 7.51. The molecule has 0 amide bonds. The summed E-state index contributed by atoms with van der Waals surface area (Å²) < 4.78 is 0.